The Bertz CT molecular complexity index is 510. The first-order valence-corrected chi connectivity index (χ1v) is 4.91. The molecular formula is C11H10F3NO2. The van der Waals surface area contributed by atoms with Gasteiger partial charge >= 0.3 is 6.18 Å². The maximum absolute atomic E-state index is 12.8. The van der Waals surface area contributed by atoms with Crippen LogP contribution in [0.5, 0.6) is 0 Å². The lowest BCUT2D eigenvalue weighted by molar-refractivity contribution is -0.252. The first kappa shape index (κ1) is 11.9. The van der Waals surface area contributed by atoms with Gasteiger partial charge in [-0.1, -0.05) is 12.1 Å². The van der Waals surface area contributed by atoms with E-state index in [1.807, 2.05) is 0 Å². The van der Waals surface area contributed by atoms with E-state index in [4.69, 9.17) is 0 Å². The van der Waals surface area contributed by atoms with Gasteiger partial charge in [-0.2, -0.15) is 13.2 Å². The monoisotopic (exact) mass is 245 g/mol. The van der Waals surface area contributed by atoms with Gasteiger partial charge in [-0.25, -0.2) is 0 Å². The van der Waals surface area contributed by atoms with Crippen molar-refractivity contribution in [3.8, 4) is 0 Å². The lowest BCUT2D eigenvalue weighted by Crippen LogP contribution is -2.47. The minimum Gasteiger partial charge on any atom is -0.368 e. The number of rotatable bonds is 0. The number of aliphatic hydroxyl groups is 1. The summed E-state index contributed by atoms with van der Waals surface area (Å²) in [4.78, 5) is 11.4. The van der Waals surface area contributed by atoms with Crippen LogP contribution in [0.15, 0.2) is 12.1 Å². The SMILES string of the molecule is Cc1ccc2c(c1C)NC(=O)[C@]2(O)C(F)(F)F. The fourth-order valence-corrected chi connectivity index (χ4v) is 1.89. The van der Waals surface area contributed by atoms with Crippen molar-refractivity contribution in [2.75, 3.05) is 5.32 Å². The van der Waals surface area contributed by atoms with E-state index >= 15 is 0 Å². The van der Waals surface area contributed by atoms with Crippen LogP contribution in [0.4, 0.5) is 18.9 Å². The van der Waals surface area contributed by atoms with Gasteiger partial charge in [0.1, 0.15) is 0 Å². The fourth-order valence-electron chi connectivity index (χ4n) is 1.89. The molecule has 0 saturated carbocycles. The van der Waals surface area contributed by atoms with Gasteiger partial charge in [0.15, 0.2) is 0 Å². The molecule has 3 nitrogen and oxygen atoms in total. The topological polar surface area (TPSA) is 49.3 Å². The zero-order valence-corrected chi connectivity index (χ0v) is 9.14. The molecule has 0 aromatic heterocycles. The van der Waals surface area contributed by atoms with Gasteiger partial charge in [-0.3, -0.25) is 4.79 Å². The summed E-state index contributed by atoms with van der Waals surface area (Å²) in [5, 5.41) is 11.7. The molecule has 2 N–H and O–H groups in total. The Hall–Kier alpha value is -1.56. The summed E-state index contributed by atoms with van der Waals surface area (Å²) in [6.45, 7) is 3.31. The van der Waals surface area contributed by atoms with Crippen LogP contribution in [0.2, 0.25) is 0 Å². The standard InChI is InChI=1S/C11H10F3NO2/c1-5-3-4-7-8(6(5)2)15-9(16)10(7,17)11(12,13)14/h3-4,17H,1-2H3,(H,15,16)/t10-/m0/s1. The summed E-state index contributed by atoms with van der Waals surface area (Å²) in [5.74, 6) is -1.45. The van der Waals surface area contributed by atoms with Crippen molar-refractivity contribution in [1.29, 1.82) is 0 Å². The van der Waals surface area contributed by atoms with Gasteiger partial charge in [-0.15, -0.1) is 0 Å². The molecule has 0 fully saturated rings. The normalized spacial score (nSPS) is 23.5. The highest BCUT2D eigenvalue weighted by molar-refractivity contribution is 6.06. The molecule has 0 aliphatic carbocycles. The van der Waals surface area contributed by atoms with Gasteiger partial charge in [0, 0.05) is 5.56 Å². The smallest absolute Gasteiger partial charge is 0.368 e. The number of nitrogens with one attached hydrogen (secondary N) is 1. The summed E-state index contributed by atoms with van der Waals surface area (Å²) in [7, 11) is 0. The fraction of sp³-hybridized carbons (Fsp3) is 0.364. The second kappa shape index (κ2) is 3.22. The summed E-state index contributed by atoms with van der Waals surface area (Å²) in [6, 6.07) is 2.58. The van der Waals surface area contributed by atoms with E-state index < -0.39 is 23.2 Å². The average molecular weight is 245 g/mol. The first-order valence-electron chi connectivity index (χ1n) is 4.91. The van der Waals surface area contributed by atoms with Crippen LogP contribution in [0, 0.1) is 13.8 Å². The highest BCUT2D eigenvalue weighted by atomic mass is 19.4. The van der Waals surface area contributed by atoms with Crippen LogP contribution < -0.4 is 5.32 Å². The van der Waals surface area contributed by atoms with E-state index in [9.17, 15) is 23.1 Å². The van der Waals surface area contributed by atoms with Gasteiger partial charge in [0.25, 0.3) is 11.5 Å². The van der Waals surface area contributed by atoms with Gasteiger partial charge < -0.3 is 10.4 Å². The lowest BCUT2D eigenvalue weighted by atomic mass is 9.92. The second-order valence-electron chi connectivity index (χ2n) is 4.09. The van der Waals surface area contributed by atoms with Crippen LogP contribution in [0.3, 0.4) is 0 Å². The molecule has 0 bridgehead atoms. The third kappa shape index (κ3) is 1.37. The van der Waals surface area contributed by atoms with Crippen molar-refractivity contribution in [3.05, 3.63) is 28.8 Å². The lowest BCUT2D eigenvalue weighted by Gasteiger charge is -2.23. The molecule has 0 radical (unpaired) electrons. The van der Waals surface area contributed by atoms with Crippen LogP contribution in [0.25, 0.3) is 0 Å². The number of carbonyl (C=O) groups excluding carboxylic acids is 1. The molecule has 2 rings (SSSR count). The van der Waals surface area contributed by atoms with Gasteiger partial charge in [0.05, 0.1) is 5.69 Å². The number of fused-ring (bicyclic) bond motifs is 1. The zero-order chi connectivity index (χ0) is 13.0. The number of halogens is 3. The van der Waals surface area contributed by atoms with Crippen molar-refractivity contribution >= 4 is 11.6 Å². The van der Waals surface area contributed by atoms with Crippen LogP contribution in [0.1, 0.15) is 16.7 Å². The van der Waals surface area contributed by atoms with Crippen molar-refractivity contribution in [1.82, 2.24) is 0 Å². The number of alkyl halides is 3. The number of hydrogen-bond donors (Lipinski definition) is 2. The summed E-state index contributed by atoms with van der Waals surface area (Å²) in [6.07, 6.45) is -5.04. The Kier molecular flexibility index (Phi) is 2.26. The quantitative estimate of drug-likeness (QED) is 0.734. The number of anilines is 1. The second-order valence-corrected chi connectivity index (χ2v) is 4.09. The first-order chi connectivity index (χ1) is 7.69. The molecule has 0 unspecified atom stereocenters. The summed E-state index contributed by atoms with van der Waals surface area (Å²) < 4.78 is 38.4. The molecule has 6 heteroatoms. The minimum atomic E-state index is -5.04. The summed E-state index contributed by atoms with van der Waals surface area (Å²) >= 11 is 0. The predicted octanol–water partition coefficient (Wildman–Crippen LogP) is 2.01. The molecule has 0 spiro atoms. The molecule has 1 aliphatic rings. The van der Waals surface area contributed by atoms with E-state index in [1.54, 1.807) is 13.8 Å². The Balaban J connectivity index is 2.72. The number of benzene rings is 1. The molecule has 1 aliphatic heterocycles. The molecule has 1 amide bonds. The Morgan fingerprint density at radius 2 is 1.88 bits per heavy atom. The predicted molar refractivity (Wildman–Crippen MR) is 54.5 cm³/mol. The minimum absolute atomic E-state index is 0.0508. The summed E-state index contributed by atoms with van der Waals surface area (Å²) in [5.41, 5.74) is -2.56. The Labute approximate surface area is 95.3 Å². The van der Waals surface area contributed by atoms with Crippen molar-refractivity contribution in [2.45, 2.75) is 25.6 Å². The highest BCUT2D eigenvalue weighted by Gasteiger charge is 2.64. The van der Waals surface area contributed by atoms with Crippen molar-refractivity contribution in [2.24, 2.45) is 0 Å². The van der Waals surface area contributed by atoms with E-state index in [-0.39, 0.29) is 5.69 Å². The van der Waals surface area contributed by atoms with Crippen molar-refractivity contribution in [3.63, 3.8) is 0 Å². The Morgan fingerprint density at radius 3 is 2.41 bits per heavy atom. The molecule has 17 heavy (non-hydrogen) atoms. The third-order valence-corrected chi connectivity index (χ3v) is 3.10. The van der Waals surface area contributed by atoms with Gasteiger partial charge in [-0.05, 0) is 25.0 Å². The van der Waals surface area contributed by atoms with Crippen LogP contribution >= 0.6 is 0 Å². The van der Waals surface area contributed by atoms with E-state index in [0.29, 0.717) is 5.56 Å². The highest BCUT2D eigenvalue weighted by Crippen LogP contribution is 2.48. The van der Waals surface area contributed by atoms with Crippen LogP contribution in [-0.4, -0.2) is 17.2 Å². The number of amides is 1. The van der Waals surface area contributed by atoms with E-state index in [1.165, 1.54) is 6.07 Å². The van der Waals surface area contributed by atoms with Gasteiger partial charge in [0.2, 0.25) is 0 Å². The molecule has 92 valence electrons. The molecule has 1 atom stereocenters. The average Bonchev–Trinajstić information content (AvgIpc) is 2.47. The van der Waals surface area contributed by atoms with E-state index in [2.05, 4.69) is 5.32 Å². The number of hydrogen-bond acceptors (Lipinski definition) is 2. The largest absolute Gasteiger partial charge is 0.430 e. The zero-order valence-electron chi connectivity index (χ0n) is 9.14. The molecule has 1 heterocycles. The number of aryl methyl sites for hydroxylation is 1. The molecule has 0 saturated heterocycles. The third-order valence-electron chi connectivity index (χ3n) is 3.10. The number of carbonyl (C=O) groups is 1. The molecule has 1 aromatic carbocycles. The van der Waals surface area contributed by atoms with Crippen molar-refractivity contribution < 1.29 is 23.1 Å². The van der Waals surface area contributed by atoms with E-state index in [0.717, 1.165) is 11.6 Å². The molecule has 1 aromatic rings. The maximum atomic E-state index is 12.8. The maximum Gasteiger partial charge on any atom is 0.430 e. The molecular weight excluding hydrogens is 235 g/mol. The van der Waals surface area contributed by atoms with Crippen LogP contribution in [-0.2, 0) is 10.4 Å². The Morgan fingerprint density at radius 1 is 1.29 bits per heavy atom.